The van der Waals surface area contributed by atoms with Crippen molar-refractivity contribution in [3.63, 3.8) is 0 Å². The van der Waals surface area contributed by atoms with Crippen molar-refractivity contribution < 1.29 is 37.0 Å². The van der Waals surface area contributed by atoms with Crippen LogP contribution in [0, 0.1) is 5.82 Å². The van der Waals surface area contributed by atoms with Crippen molar-refractivity contribution in [3.05, 3.63) is 64.6 Å². The molecule has 4 rings (SSSR count). The van der Waals surface area contributed by atoms with Gasteiger partial charge in [-0.2, -0.15) is 0 Å². The Bertz CT molecular complexity index is 1520. The van der Waals surface area contributed by atoms with Crippen molar-refractivity contribution in [2.45, 2.75) is 65.2 Å². The highest BCUT2D eigenvalue weighted by atomic mass is 35.5. The molecule has 4 atom stereocenters. The first-order valence-electron chi connectivity index (χ1n) is 13.7. The highest BCUT2D eigenvalue weighted by molar-refractivity contribution is 7.39. The smallest absolute Gasteiger partial charge is 0.243 e. The van der Waals surface area contributed by atoms with E-state index < -0.39 is 44.2 Å². The fourth-order valence-electron chi connectivity index (χ4n) is 4.86. The number of rotatable bonds is 12. The first-order chi connectivity index (χ1) is 20.0. The number of likely N-dealkylation sites (tertiary alicyclic amines) is 1. The van der Waals surface area contributed by atoms with Crippen molar-refractivity contribution in [1.82, 2.24) is 14.8 Å². The van der Waals surface area contributed by atoms with Crippen molar-refractivity contribution in [3.8, 4) is 5.75 Å². The number of Topliss-reactive ketones (excluding diaryl/α,β-unsaturated/α-hetero) is 1. The lowest BCUT2D eigenvalue weighted by Crippen LogP contribution is -2.46. The summed E-state index contributed by atoms with van der Waals surface area (Å²) in [7, 11) is -2.24. The maximum atomic E-state index is 14.5. The van der Waals surface area contributed by atoms with Crippen LogP contribution in [0.1, 0.15) is 49.5 Å². The molecule has 0 bridgehead atoms. The van der Waals surface area contributed by atoms with E-state index in [9.17, 15) is 27.7 Å². The molecule has 9 nitrogen and oxygen atoms in total. The summed E-state index contributed by atoms with van der Waals surface area (Å²) in [6.07, 6.45) is 0.0130. The number of ether oxygens (including phenoxy) is 1. The second-order valence-corrected chi connectivity index (χ2v) is 12.1. The molecule has 1 aliphatic rings. The second kappa shape index (κ2) is 13.8. The topological polar surface area (TPSA) is 107 Å². The summed E-state index contributed by atoms with van der Waals surface area (Å²) >= 11 is 5.81. The molecule has 3 aromatic rings. The molecule has 0 spiro atoms. The average molecular weight is 624 g/mol. The minimum absolute atomic E-state index is 0.0877. The third kappa shape index (κ3) is 7.19. The van der Waals surface area contributed by atoms with Crippen LogP contribution < -0.4 is 10.1 Å². The van der Waals surface area contributed by atoms with Gasteiger partial charge in [0.2, 0.25) is 18.1 Å². The third-order valence-corrected chi connectivity index (χ3v) is 8.44. The van der Waals surface area contributed by atoms with E-state index in [2.05, 4.69) is 5.32 Å². The molecule has 42 heavy (non-hydrogen) atoms. The Morgan fingerprint density at radius 1 is 1.21 bits per heavy atom. The maximum absolute atomic E-state index is 14.5. The van der Waals surface area contributed by atoms with Crippen molar-refractivity contribution in [2.24, 2.45) is 0 Å². The highest BCUT2D eigenvalue weighted by Gasteiger charge is 2.39. The summed E-state index contributed by atoms with van der Waals surface area (Å²) in [6, 6.07) is 8.31. The van der Waals surface area contributed by atoms with Gasteiger partial charge in [0.05, 0.1) is 17.1 Å². The zero-order valence-electron chi connectivity index (χ0n) is 23.5. The van der Waals surface area contributed by atoms with Crippen LogP contribution in [0.3, 0.4) is 0 Å². The first kappa shape index (κ1) is 31.7. The van der Waals surface area contributed by atoms with Gasteiger partial charge in [0.15, 0.2) is 13.8 Å². The van der Waals surface area contributed by atoms with Gasteiger partial charge in [0.1, 0.15) is 30.3 Å². The molecule has 1 fully saturated rings. The van der Waals surface area contributed by atoms with Gasteiger partial charge in [0.25, 0.3) is 0 Å². The molecule has 1 aliphatic heterocycles. The Morgan fingerprint density at radius 3 is 2.67 bits per heavy atom. The summed E-state index contributed by atoms with van der Waals surface area (Å²) in [6.45, 7) is 4.27. The number of amides is 2. The number of ketones is 1. The Morgan fingerprint density at radius 2 is 1.98 bits per heavy atom. The number of hydrogen-bond donors (Lipinski definition) is 1. The molecule has 0 saturated carbocycles. The second-order valence-electron chi connectivity index (χ2n) is 10.0. The third-order valence-electron chi connectivity index (χ3n) is 7.05. The molecule has 2 heterocycles. The SMILES string of the molecule is CCC(Oc1ccc2c(C(C)=O)cn(CC(=O)N3C[C@H](F)C[C@H]3C(=O)NCc3cccc(Cl)c3F)c2c1)O[PH](=O)CC. The summed E-state index contributed by atoms with van der Waals surface area (Å²) in [5.41, 5.74) is 1.05. The number of carbonyl (C=O) groups is 3. The molecule has 2 aromatic carbocycles. The van der Waals surface area contributed by atoms with Crippen LogP contribution in [0.15, 0.2) is 42.6 Å². The molecule has 1 N–H and O–H groups in total. The molecule has 2 amide bonds. The number of nitrogens with one attached hydrogen (secondary N) is 1. The predicted octanol–water partition coefficient (Wildman–Crippen LogP) is 5.52. The van der Waals surface area contributed by atoms with Crippen LogP contribution in [0.4, 0.5) is 8.78 Å². The van der Waals surface area contributed by atoms with Crippen LogP contribution in [0.25, 0.3) is 10.9 Å². The van der Waals surface area contributed by atoms with Gasteiger partial charge in [-0.15, -0.1) is 0 Å². The first-order valence-corrected chi connectivity index (χ1v) is 15.6. The lowest BCUT2D eigenvalue weighted by atomic mass is 10.1. The van der Waals surface area contributed by atoms with Gasteiger partial charge in [-0.1, -0.05) is 37.6 Å². The van der Waals surface area contributed by atoms with Gasteiger partial charge in [0, 0.05) is 54.3 Å². The molecule has 2 unspecified atom stereocenters. The largest absolute Gasteiger partial charge is 0.465 e. The van der Waals surface area contributed by atoms with E-state index >= 15 is 0 Å². The van der Waals surface area contributed by atoms with E-state index in [1.807, 2.05) is 6.92 Å². The number of alkyl halides is 1. The van der Waals surface area contributed by atoms with Crippen molar-refractivity contribution in [2.75, 3.05) is 12.7 Å². The summed E-state index contributed by atoms with van der Waals surface area (Å²) in [5.74, 6) is -1.64. The average Bonchev–Trinajstić information content (AvgIpc) is 3.53. The Balaban J connectivity index is 1.54. The maximum Gasteiger partial charge on any atom is 0.243 e. The predicted molar refractivity (Wildman–Crippen MR) is 156 cm³/mol. The zero-order valence-corrected chi connectivity index (χ0v) is 25.2. The highest BCUT2D eigenvalue weighted by Crippen LogP contribution is 2.31. The van der Waals surface area contributed by atoms with Crippen LogP contribution in [0.2, 0.25) is 5.02 Å². The molecule has 0 aliphatic carbocycles. The molecule has 1 saturated heterocycles. The number of hydrogen-bond acceptors (Lipinski definition) is 6. The number of carbonyl (C=O) groups excluding carboxylic acids is 3. The number of aromatic nitrogens is 1. The van der Waals surface area contributed by atoms with Crippen LogP contribution in [-0.2, 0) is 31.8 Å². The van der Waals surface area contributed by atoms with E-state index in [-0.39, 0.29) is 42.4 Å². The number of benzene rings is 2. The summed E-state index contributed by atoms with van der Waals surface area (Å²) < 4.78 is 53.6. The quantitative estimate of drug-likeness (QED) is 0.162. The van der Waals surface area contributed by atoms with E-state index in [1.165, 1.54) is 25.3 Å². The molecule has 226 valence electrons. The molecule has 1 aromatic heterocycles. The Hall–Kier alpha value is -3.27. The standard InChI is InChI=1S/C29H33ClF2N3O6P/c1-4-27(41-42(39)5-2)40-20-9-10-21-22(17(3)36)15-34(24(21)12-20)16-26(37)35-14-19(31)11-25(35)29(38)33-13-18-7-6-8-23(30)28(18)32/h6-10,12,15,19,25,27,42H,4-5,11,13-14,16H2,1-3H3,(H,33,38)/t19-,25+,27?/m1/s1. The zero-order chi connectivity index (χ0) is 30.6. The van der Waals surface area contributed by atoms with Crippen molar-refractivity contribution in [1.29, 1.82) is 0 Å². The van der Waals surface area contributed by atoms with Gasteiger partial charge < -0.3 is 19.5 Å². The normalized spacial score (nSPS) is 18.2. The molecular formula is C29H33ClF2N3O6P. The number of nitrogens with zero attached hydrogens (tertiary/aromatic N) is 2. The lowest BCUT2D eigenvalue weighted by molar-refractivity contribution is -0.139. The number of halogens is 3. The lowest BCUT2D eigenvalue weighted by Gasteiger charge is -2.24. The van der Waals surface area contributed by atoms with Gasteiger partial charge in [-0.25, -0.2) is 8.78 Å². The van der Waals surface area contributed by atoms with Gasteiger partial charge in [-0.3, -0.25) is 23.5 Å². The van der Waals surface area contributed by atoms with Crippen LogP contribution in [-0.4, -0.2) is 58.3 Å². The molecule has 13 heteroatoms. The fraction of sp³-hybridized carbons (Fsp3) is 0.414. The van der Waals surface area contributed by atoms with Crippen molar-refractivity contribution >= 4 is 48.1 Å². The van der Waals surface area contributed by atoms with Gasteiger partial charge in [-0.05, 0) is 25.1 Å². The minimum Gasteiger partial charge on any atom is -0.465 e. The Kier molecular flexibility index (Phi) is 10.4. The summed E-state index contributed by atoms with van der Waals surface area (Å²) in [4.78, 5) is 40.0. The molecular weight excluding hydrogens is 591 g/mol. The minimum atomic E-state index is -2.24. The molecule has 0 radical (unpaired) electrons. The Labute approximate surface area is 248 Å². The monoisotopic (exact) mass is 623 g/mol. The van der Waals surface area contributed by atoms with Crippen LogP contribution >= 0.6 is 19.6 Å². The fourth-order valence-corrected chi connectivity index (χ4v) is 5.73. The summed E-state index contributed by atoms with van der Waals surface area (Å²) in [5, 5.41) is 3.07. The van der Waals surface area contributed by atoms with E-state index in [4.69, 9.17) is 20.9 Å². The van der Waals surface area contributed by atoms with E-state index in [1.54, 1.807) is 35.8 Å². The van der Waals surface area contributed by atoms with Gasteiger partial charge >= 0.3 is 0 Å². The van der Waals surface area contributed by atoms with E-state index in [0.29, 0.717) is 34.8 Å². The van der Waals surface area contributed by atoms with E-state index in [0.717, 1.165) is 4.90 Å². The van der Waals surface area contributed by atoms with Crippen LogP contribution in [0.5, 0.6) is 5.75 Å². The number of fused-ring (bicyclic) bond motifs is 1.